The van der Waals surface area contributed by atoms with Crippen LogP contribution in [0, 0.1) is 5.82 Å². The molecule has 1 atom stereocenters. The number of carbonyl (C=O) groups excluding carboxylic acids is 1. The summed E-state index contributed by atoms with van der Waals surface area (Å²) in [5.74, 6) is -1.01. The quantitative estimate of drug-likeness (QED) is 0.696. The molecule has 29 heavy (non-hydrogen) atoms. The van der Waals surface area contributed by atoms with Crippen molar-refractivity contribution in [3.05, 3.63) is 63.9 Å². The zero-order valence-electron chi connectivity index (χ0n) is 15.8. The van der Waals surface area contributed by atoms with Crippen LogP contribution in [0.25, 0.3) is 0 Å². The highest BCUT2D eigenvalue weighted by atomic mass is 79.9. The van der Waals surface area contributed by atoms with Gasteiger partial charge in [-0.1, -0.05) is 18.2 Å². The average molecular weight is 485 g/mol. The van der Waals surface area contributed by atoms with Crippen LogP contribution in [0.1, 0.15) is 11.1 Å². The van der Waals surface area contributed by atoms with Crippen molar-refractivity contribution in [1.82, 2.24) is 9.21 Å². The van der Waals surface area contributed by atoms with Gasteiger partial charge in [0.1, 0.15) is 11.6 Å². The van der Waals surface area contributed by atoms with Gasteiger partial charge in [-0.05, 0) is 51.3 Å². The van der Waals surface area contributed by atoms with Gasteiger partial charge in [0, 0.05) is 21.1 Å². The molecule has 8 nitrogen and oxygen atoms in total. The van der Waals surface area contributed by atoms with E-state index in [2.05, 4.69) is 20.9 Å². The molecule has 2 N–H and O–H groups in total. The second kappa shape index (κ2) is 7.39. The van der Waals surface area contributed by atoms with Crippen molar-refractivity contribution in [1.29, 1.82) is 0 Å². The monoisotopic (exact) mass is 484 g/mol. The van der Waals surface area contributed by atoms with Crippen LogP contribution in [-0.2, 0) is 20.6 Å². The maximum atomic E-state index is 13.8. The molecule has 1 aliphatic rings. The molecule has 0 aromatic heterocycles. The summed E-state index contributed by atoms with van der Waals surface area (Å²) < 4.78 is 44.1. The number of benzene rings is 2. The molecule has 3 rings (SSSR count). The lowest BCUT2D eigenvalue weighted by molar-refractivity contribution is -0.129. The van der Waals surface area contributed by atoms with E-state index in [4.69, 9.17) is 9.92 Å². The van der Waals surface area contributed by atoms with Crippen molar-refractivity contribution >= 4 is 38.1 Å². The average Bonchev–Trinajstić information content (AvgIpc) is 2.89. The molecular weight excluding hydrogens is 467 g/mol. The highest BCUT2D eigenvalue weighted by Gasteiger charge is 2.49. The first-order valence-corrected chi connectivity index (χ1v) is 10.5. The Morgan fingerprint density at radius 1 is 1.21 bits per heavy atom. The maximum Gasteiger partial charge on any atom is 0.384 e. The van der Waals surface area contributed by atoms with Gasteiger partial charge in [-0.2, -0.15) is 12.7 Å². The fraction of sp³-hybridized carbons (Fsp3) is 0.222. The largest absolute Gasteiger partial charge is 0.384 e. The second-order valence-corrected chi connectivity index (χ2v) is 9.13. The molecule has 1 aliphatic heterocycles. The summed E-state index contributed by atoms with van der Waals surface area (Å²) in [5, 5.41) is 0. The molecule has 1 heterocycles. The second-order valence-electron chi connectivity index (χ2n) is 6.52. The molecule has 154 valence electrons. The van der Waals surface area contributed by atoms with Crippen molar-refractivity contribution in [3.8, 4) is 5.75 Å². The van der Waals surface area contributed by atoms with Crippen LogP contribution in [0.2, 0.25) is 0 Å². The number of aliphatic imine (C=N–C) groups is 1. The number of hydrogen-bond acceptors (Lipinski definition) is 6. The van der Waals surface area contributed by atoms with Crippen LogP contribution in [0.4, 0.5) is 4.39 Å². The minimum atomic E-state index is -4.00. The number of rotatable bonds is 5. The Hall–Kier alpha value is -2.50. The predicted molar refractivity (Wildman–Crippen MR) is 109 cm³/mol. The Labute approximate surface area is 176 Å². The number of nitrogens with two attached hydrogens (primary N) is 1. The summed E-state index contributed by atoms with van der Waals surface area (Å²) >= 11 is 3.12. The lowest BCUT2D eigenvalue weighted by Crippen LogP contribution is -2.41. The van der Waals surface area contributed by atoms with E-state index in [0.29, 0.717) is 11.1 Å². The summed E-state index contributed by atoms with van der Waals surface area (Å²) in [6, 6.07) is 10.0. The number of likely N-dealkylation sites (N-methyl/N-ethyl adjacent to an activating group) is 1. The smallest absolute Gasteiger partial charge is 0.371 e. The van der Waals surface area contributed by atoms with Gasteiger partial charge in [0.15, 0.2) is 11.5 Å². The van der Waals surface area contributed by atoms with Gasteiger partial charge in [-0.15, -0.1) is 0 Å². The summed E-state index contributed by atoms with van der Waals surface area (Å²) in [4.78, 5) is 18.8. The normalized spacial score (nSPS) is 19.6. The Morgan fingerprint density at radius 3 is 2.41 bits per heavy atom. The van der Waals surface area contributed by atoms with Gasteiger partial charge in [0.2, 0.25) is 0 Å². The lowest BCUT2D eigenvalue weighted by Gasteiger charge is -2.26. The predicted octanol–water partition coefficient (Wildman–Crippen LogP) is 1.80. The minimum Gasteiger partial charge on any atom is -0.371 e. The first-order chi connectivity index (χ1) is 13.5. The van der Waals surface area contributed by atoms with Crippen molar-refractivity contribution in [2.75, 3.05) is 21.1 Å². The molecule has 0 saturated heterocycles. The molecule has 11 heteroatoms. The van der Waals surface area contributed by atoms with Gasteiger partial charge in [0.05, 0.1) is 4.47 Å². The van der Waals surface area contributed by atoms with E-state index >= 15 is 0 Å². The van der Waals surface area contributed by atoms with Crippen molar-refractivity contribution in [2.45, 2.75) is 5.54 Å². The SMILES string of the molecule is CN1C(=O)C(c2cccc(OS(=O)(=O)N(C)C)c2)(c2ccc(F)c(Br)c2)N=C1N. The molecule has 2 aromatic rings. The van der Waals surface area contributed by atoms with Crippen LogP contribution in [0.3, 0.4) is 0 Å². The zero-order valence-corrected chi connectivity index (χ0v) is 18.2. The molecule has 1 amide bonds. The highest BCUT2D eigenvalue weighted by molar-refractivity contribution is 9.10. The standard InChI is InChI=1S/C18H18BrFN4O4S/c1-23(2)29(26,27)28-13-6-4-5-11(9-13)18(16(25)24(3)17(21)22-18)12-7-8-15(20)14(19)10-12/h4-10H,1-3H3,(H2,21,22). The van der Waals surface area contributed by atoms with Crippen LogP contribution >= 0.6 is 15.9 Å². The van der Waals surface area contributed by atoms with Crippen LogP contribution in [-0.4, -0.2) is 50.6 Å². The number of carbonyl (C=O) groups is 1. The molecule has 0 radical (unpaired) electrons. The molecular formula is C18H18BrFN4O4S. The van der Waals surface area contributed by atoms with Crippen LogP contribution < -0.4 is 9.92 Å². The Bertz CT molecular complexity index is 1120. The van der Waals surface area contributed by atoms with E-state index in [9.17, 15) is 17.6 Å². The summed E-state index contributed by atoms with van der Waals surface area (Å²) in [5.41, 5.74) is 4.96. The number of guanidine groups is 1. The van der Waals surface area contributed by atoms with Gasteiger partial charge < -0.3 is 9.92 Å². The topological polar surface area (TPSA) is 105 Å². The third-order valence-corrected chi connectivity index (χ3v) is 6.38. The Morgan fingerprint density at radius 2 is 1.86 bits per heavy atom. The van der Waals surface area contributed by atoms with E-state index in [1.165, 1.54) is 62.4 Å². The van der Waals surface area contributed by atoms with Crippen molar-refractivity contribution < 1.29 is 21.8 Å². The van der Waals surface area contributed by atoms with E-state index in [1.54, 1.807) is 6.07 Å². The highest BCUT2D eigenvalue weighted by Crippen LogP contribution is 2.41. The van der Waals surface area contributed by atoms with Gasteiger partial charge in [-0.3, -0.25) is 9.69 Å². The zero-order chi connectivity index (χ0) is 21.6. The number of amides is 1. The number of halogens is 2. The first kappa shape index (κ1) is 21.2. The van der Waals surface area contributed by atoms with E-state index in [-0.39, 0.29) is 16.2 Å². The summed E-state index contributed by atoms with van der Waals surface area (Å²) in [6.45, 7) is 0. The van der Waals surface area contributed by atoms with Crippen molar-refractivity contribution in [2.24, 2.45) is 10.7 Å². The molecule has 0 aliphatic carbocycles. The Balaban J connectivity index is 2.21. The van der Waals surface area contributed by atoms with E-state index in [1.807, 2.05) is 0 Å². The van der Waals surface area contributed by atoms with E-state index < -0.39 is 27.6 Å². The molecule has 1 unspecified atom stereocenters. The molecule has 0 spiro atoms. The Kier molecular flexibility index (Phi) is 5.41. The van der Waals surface area contributed by atoms with Crippen LogP contribution in [0.5, 0.6) is 5.75 Å². The molecule has 0 saturated carbocycles. The molecule has 0 bridgehead atoms. The maximum absolute atomic E-state index is 13.8. The summed E-state index contributed by atoms with van der Waals surface area (Å²) in [6.07, 6.45) is 0. The fourth-order valence-corrected chi connectivity index (χ4v) is 3.75. The van der Waals surface area contributed by atoms with Gasteiger partial charge in [-0.25, -0.2) is 9.38 Å². The molecule has 2 aromatic carbocycles. The lowest BCUT2D eigenvalue weighted by atomic mass is 9.82. The fourth-order valence-electron chi connectivity index (χ4n) is 2.87. The number of nitrogens with zero attached hydrogens (tertiary/aromatic N) is 3. The number of hydrogen-bond donors (Lipinski definition) is 1. The van der Waals surface area contributed by atoms with Gasteiger partial charge in [0.25, 0.3) is 5.91 Å². The van der Waals surface area contributed by atoms with Crippen LogP contribution in [0.15, 0.2) is 51.9 Å². The van der Waals surface area contributed by atoms with E-state index in [0.717, 1.165) is 4.31 Å². The summed E-state index contributed by atoms with van der Waals surface area (Å²) in [7, 11) is 0.129. The van der Waals surface area contributed by atoms with Gasteiger partial charge >= 0.3 is 10.3 Å². The minimum absolute atomic E-state index is 0.00660. The molecule has 0 fully saturated rings. The third-order valence-electron chi connectivity index (χ3n) is 4.48. The third kappa shape index (κ3) is 3.61. The first-order valence-electron chi connectivity index (χ1n) is 8.30. The van der Waals surface area contributed by atoms with Crippen molar-refractivity contribution in [3.63, 3.8) is 0 Å².